The van der Waals surface area contributed by atoms with Gasteiger partial charge in [0.2, 0.25) is 0 Å². The van der Waals surface area contributed by atoms with E-state index < -0.39 is 12.0 Å². The van der Waals surface area contributed by atoms with Gasteiger partial charge in [-0.05, 0) is 36.2 Å². The molecule has 6 heteroatoms. The van der Waals surface area contributed by atoms with E-state index in [0.29, 0.717) is 12.2 Å². The maximum Gasteiger partial charge on any atom is 0.305 e. The van der Waals surface area contributed by atoms with Crippen LogP contribution in [0.2, 0.25) is 0 Å². The molecule has 1 unspecified atom stereocenters. The molecular formula is C18H18N2O4. The third kappa shape index (κ3) is 3.53. The fraction of sp³-hybridized carbons (Fsp3) is 0.278. The van der Waals surface area contributed by atoms with Gasteiger partial charge < -0.3 is 15.2 Å². The van der Waals surface area contributed by atoms with Gasteiger partial charge in [0.15, 0.2) is 0 Å². The van der Waals surface area contributed by atoms with E-state index in [1.165, 1.54) is 6.20 Å². The van der Waals surface area contributed by atoms with Crippen molar-refractivity contribution < 1.29 is 19.4 Å². The summed E-state index contributed by atoms with van der Waals surface area (Å²) >= 11 is 0. The summed E-state index contributed by atoms with van der Waals surface area (Å²) in [6.07, 6.45) is 3.94. The summed E-state index contributed by atoms with van der Waals surface area (Å²) in [5.74, 6) is -0.374. The standard InChI is InChI=1S/C18H18N2O4/c1-11(6-17(21)22)20-18(23)15-8-14(9-19-10-15)12-2-3-16-13(7-12)4-5-24-16/h2-3,7-11H,4-6H2,1H3,(H,20,23)(H,21,22). The number of carbonyl (C=O) groups is 2. The van der Waals surface area contributed by atoms with Crippen LogP contribution in [0.25, 0.3) is 11.1 Å². The van der Waals surface area contributed by atoms with Crippen LogP contribution in [0.4, 0.5) is 0 Å². The SMILES string of the molecule is CC(CC(=O)O)NC(=O)c1cncc(-c2ccc3c(c2)CCO3)c1. The van der Waals surface area contributed by atoms with Crippen molar-refractivity contribution in [3.63, 3.8) is 0 Å². The quantitative estimate of drug-likeness (QED) is 0.880. The Morgan fingerprint density at radius 2 is 2.12 bits per heavy atom. The third-order valence-corrected chi connectivity index (χ3v) is 3.88. The van der Waals surface area contributed by atoms with Crippen LogP contribution in [0, 0.1) is 0 Å². The van der Waals surface area contributed by atoms with E-state index in [-0.39, 0.29) is 12.3 Å². The maximum atomic E-state index is 12.2. The van der Waals surface area contributed by atoms with Gasteiger partial charge in [0.25, 0.3) is 5.91 Å². The van der Waals surface area contributed by atoms with Crippen molar-refractivity contribution in [2.75, 3.05) is 6.61 Å². The zero-order valence-electron chi connectivity index (χ0n) is 13.3. The molecule has 2 aromatic rings. The van der Waals surface area contributed by atoms with Gasteiger partial charge in [-0.25, -0.2) is 0 Å². The summed E-state index contributed by atoms with van der Waals surface area (Å²) in [5.41, 5.74) is 3.36. The van der Waals surface area contributed by atoms with Crippen molar-refractivity contribution in [2.24, 2.45) is 0 Å². The van der Waals surface area contributed by atoms with Crippen LogP contribution in [-0.2, 0) is 11.2 Å². The Bertz CT molecular complexity index is 788. The van der Waals surface area contributed by atoms with Crippen molar-refractivity contribution in [3.8, 4) is 16.9 Å². The number of pyridine rings is 1. The fourth-order valence-electron chi connectivity index (χ4n) is 2.71. The Balaban J connectivity index is 1.79. The number of amides is 1. The Morgan fingerprint density at radius 1 is 1.29 bits per heavy atom. The number of carbonyl (C=O) groups excluding carboxylic acids is 1. The lowest BCUT2D eigenvalue weighted by Gasteiger charge is -2.12. The summed E-state index contributed by atoms with van der Waals surface area (Å²) in [6, 6.07) is 7.23. The minimum Gasteiger partial charge on any atom is -0.493 e. The third-order valence-electron chi connectivity index (χ3n) is 3.88. The molecule has 0 saturated carbocycles. The first-order valence-corrected chi connectivity index (χ1v) is 7.77. The lowest BCUT2D eigenvalue weighted by molar-refractivity contribution is -0.137. The second-order valence-corrected chi connectivity index (χ2v) is 5.86. The van der Waals surface area contributed by atoms with Crippen molar-refractivity contribution in [2.45, 2.75) is 25.8 Å². The average molecular weight is 326 g/mol. The van der Waals surface area contributed by atoms with Gasteiger partial charge in [-0.1, -0.05) is 6.07 Å². The van der Waals surface area contributed by atoms with E-state index in [9.17, 15) is 9.59 Å². The van der Waals surface area contributed by atoms with E-state index in [4.69, 9.17) is 9.84 Å². The van der Waals surface area contributed by atoms with Crippen molar-refractivity contribution in [1.82, 2.24) is 10.3 Å². The second kappa shape index (κ2) is 6.70. The first-order valence-electron chi connectivity index (χ1n) is 7.77. The smallest absolute Gasteiger partial charge is 0.305 e. The molecule has 0 bridgehead atoms. The molecule has 1 atom stereocenters. The van der Waals surface area contributed by atoms with E-state index in [1.807, 2.05) is 18.2 Å². The zero-order valence-corrected chi connectivity index (χ0v) is 13.3. The van der Waals surface area contributed by atoms with Gasteiger partial charge >= 0.3 is 5.97 Å². The lowest BCUT2D eigenvalue weighted by Crippen LogP contribution is -2.34. The van der Waals surface area contributed by atoms with Crippen LogP contribution in [0.15, 0.2) is 36.7 Å². The molecule has 124 valence electrons. The average Bonchev–Trinajstić information content (AvgIpc) is 3.01. The number of rotatable bonds is 5. The number of fused-ring (bicyclic) bond motifs is 1. The molecule has 1 aromatic carbocycles. The molecule has 1 aromatic heterocycles. The van der Waals surface area contributed by atoms with Gasteiger partial charge in [0.05, 0.1) is 18.6 Å². The normalized spacial score (nSPS) is 13.7. The number of aliphatic carboxylic acids is 1. The number of benzene rings is 1. The van der Waals surface area contributed by atoms with Crippen LogP contribution in [0.1, 0.15) is 29.3 Å². The molecule has 2 N–H and O–H groups in total. The molecule has 1 aliphatic heterocycles. The van der Waals surface area contributed by atoms with Crippen LogP contribution >= 0.6 is 0 Å². The molecule has 3 rings (SSSR count). The topological polar surface area (TPSA) is 88.5 Å². The number of ether oxygens (including phenoxy) is 1. The van der Waals surface area contributed by atoms with Crippen LogP contribution < -0.4 is 10.1 Å². The number of hydrogen-bond donors (Lipinski definition) is 2. The molecule has 0 fully saturated rings. The first kappa shape index (κ1) is 16.0. The number of carboxylic acids is 1. The van der Waals surface area contributed by atoms with E-state index >= 15 is 0 Å². The molecule has 1 amide bonds. The molecule has 24 heavy (non-hydrogen) atoms. The molecule has 0 spiro atoms. The predicted molar refractivity (Wildman–Crippen MR) is 88.1 cm³/mol. The first-order chi connectivity index (χ1) is 11.5. The molecule has 0 saturated heterocycles. The highest BCUT2D eigenvalue weighted by molar-refractivity contribution is 5.95. The van der Waals surface area contributed by atoms with E-state index in [1.54, 1.807) is 19.2 Å². The zero-order chi connectivity index (χ0) is 17.1. The largest absolute Gasteiger partial charge is 0.493 e. The monoisotopic (exact) mass is 326 g/mol. The molecule has 2 heterocycles. The van der Waals surface area contributed by atoms with Gasteiger partial charge in [0.1, 0.15) is 5.75 Å². The Morgan fingerprint density at radius 3 is 2.92 bits per heavy atom. The van der Waals surface area contributed by atoms with Crippen molar-refractivity contribution >= 4 is 11.9 Å². The van der Waals surface area contributed by atoms with Gasteiger partial charge in [-0.2, -0.15) is 0 Å². The number of nitrogens with zero attached hydrogens (tertiary/aromatic N) is 1. The molecule has 6 nitrogen and oxygen atoms in total. The van der Waals surface area contributed by atoms with Gasteiger partial charge in [-0.3, -0.25) is 14.6 Å². The van der Waals surface area contributed by atoms with Crippen LogP contribution in [0.5, 0.6) is 5.75 Å². The van der Waals surface area contributed by atoms with Crippen LogP contribution in [-0.4, -0.2) is 34.6 Å². The predicted octanol–water partition coefficient (Wildman–Crippen LogP) is 2.28. The van der Waals surface area contributed by atoms with E-state index in [0.717, 1.165) is 28.9 Å². The number of aromatic nitrogens is 1. The van der Waals surface area contributed by atoms with Gasteiger partial charge in [0, 0.05) is 30.4 Å². The lowest BCUT2D eigenvalue weighted by atomic mass is 10.0. The molecular weight excluding hydrogens is 308 g/mol. The summed E-state index contributed by atoms with van der Waals surface area (Å²) < 4.78 is 5.50. The highest BCUT2D eigenvalue weighted by atomic mass is 16.5. The van der Waals surface area contributed by atoms with Crippen molar-refractivity contribution in [1.29, 1.82) is 0 Å². The Labute approximate surface area is 139 Å². The molecule has 0 aliphatic carbocycles. The maximum absolute atomic E-state index is 12.2. The van der Waals surface area contributed by atoms with Crippen molar-refractivity contribution in [3.05, 3.63) is 47.8 Å². The fourth-order valence-corrected chi connectivity index (χ4v) is 2.71. The number of nitrogens with one attached hydrogen (secondary N) is 1. The van der Waals surface area contributed by atoms with Gasteiger partial charge in [-0.15, -0.1) is 0 Å². The number of carboxylic acid groups (broad SMARTS) is 1. The second-order valence-electron chi connectivity index (χ2n) is 5.86. The summed E-state index contributed by atoms with van der Waals surface area (Å²) in [5, 5.41) is 11.4. The minimum absolute atomic E-state index is 0.121. The molecule has 1 aliphatic rings. The summed E-state index contributed by atoms with van der Waals surface area (Å²) in [4.78, 5) is 27.1. The highest BCUT2D eigenvalue weighted by Crippen LogP contribution is 2.30. The summed E-state index contributed by atoms with van der Waals surface area (Å²) in [6.45, 7) is 2.35. The highest BCUT2D eigenvalue weighted by Gasteiger charge is 2.15. The Kier molecular flexibility index (Phi) is 4.46. The molecule has 0 radical (unpaired) electrons. The Hall–Kier alpha value is -2.89. The summed E-state index contributed by atoms with van der Waals surface area (Å²) in [7, 11) is 0. The van der Waals surface area contributed by atoms with Crippen LogP contribution in [0.3, 0.4) is 0 Å². The van der Waals surface area contributed by atoms with E-state index in [2.05, 4.69) is 10.3 Å². The number of hydrogen-bond acceptors (Lipinski definition) is 4. The minimum atomic E-state index is -0.949.